The van der Waals surface area contributed by atoms with Gasteiger partial charge in [-0.2, -0.15) is 5.10 Å². The number of sulfonamides is 1. The van der Waals surface area contributed by atoms with Crippen molar-refractivity contribution in [2.75, 3.05) is 13.1 Å². The number of hydrogen-bond acceptors (Lipinski definition) is 4. The SMILES string of the molecule is CC(C)c1[nH]nc(C(=O)NCCNS(=O)(=O)c2cccc(Cl)c2)c1Br. The molecule has 0 spiro atoms. The lowest BCUT2D eigenvalue weighted by Crippen LogP contribution is -2.35. The summed E-state index contributed by atoms with van der Waals surface area (Å²) in [6.45, 7) is 4.11. The van der Waals surface area contributed by atoms with Gasteiger partial charge in [-0.15, -0.1) is 0 Å². The summed E-state index contributed by atoms with van der Waals surface area (Å²) in [5.41, 5.74) is 1.06. The van der Waals surface area contributed by atoms with E-state index in [4.69, 9.17) is 11.6 Å². The van der Waals surface area contributed by atoms with E-state index in [0.717, 1.165) is 5.69 Å². The molecule has 25 heavy (non-hydrogen) atoms. The Morgan fingerprint density at radius 3 is 2.68 bits per heavy atom. The molecular formula is C15H18BrClN4O3S. The Morgan fingerprint density at radius 2 is 2.08 bits per heavy atom. The standard InChI is InChI=1S/C15H18BrClN4O3S/c1-9(2)13-12(16)14(21-20-13)15(22)18-6-7-19-25(23,24)11-5-3-4-10(17)8-11/h3-5,8-9,19H,6-7H2,1-2H3,(H,18,22)(H,20,21). The number of carbonyl (C=O) groups excluding carboxylic acids is 1. The van der Waals surface area contributed by atoms with Gasteiger partial charge in [-0.1, -0.05) is 31.5 Å². The Bertz CT molecular complexity index is 867. The summed E-state index contributed by atoms with van der Waals surface area (Å²) in [6.07, 6.45) is 0. The molecule has 0 saturated heterocycles. The smallest absolute Gasteiger partial charge is 0.273 e. The molecule has 0 radical (unpaired) electrons. The molecule has 0 aliphatic carbocycles. The first-order valence-corrected chi connectivity index (χ1v) is 10.1. The maximum Gasteiger partial charge on any atom is 0.273 e. The van der Waals surface area contributed by atoms with Crippen LogP contribution >= 0.6 is 27.5 Å². The molecule has 0 saturated carbocycles. The predicted molar refractivity (Wildman–Crippen MR) is 99.4 cm³/mol. The molecule has 1 heterocycles. The molecule has 2 aromatic rings. The molecule has 0 unspecified atom stereocenters. The van der Waals surface area contributed by atoms with Crippen molar-refractivity contribution in [3.05, 3.63) is 45.1 Å². The fourth-order valence-electron chi connectivity index (χ4n) is 2.04. The second kappa shape index (κ2) is 8.31. The minimum absolute atomic E-state index is 0.0413. The van der Waals surface area contributed by atoms with E-state index >= 15 is 0 Å². The third-order valence-electron chi connectivity index (χ3n) is 3.33. The van der Waals surface area contributed by atoms with Crippen molar-refractivity contribution >= 4 is 43.5 Å². The summed E-state index contributed by atoms with van der Waals surface area (Å²) in [6, 6.07) is 5.95. The number of carbonyl (C=O) groups is 1. The molecular weight excluding hydrogens is 432 g/mol. The van der Waals surface area contributed by atoms with Crippen molar-refractivity contribution in [3.8, 4) is 0 Å². The van der Waals surface area contributed by atoms with E-state index in [1.165, 1.54) is 12.1 Å². The molecule has 1 aromatic carbocycles. The first-order chi connectivity index (χ1) is 11.7. The number of nitrogens with one attached hydrogen (secondary N) is 3. The van der Waals surface area contributed by atoms with Crippen LogP contribution in [0, 0.1) is 0 Å². The zero-order valence-corrected chi connectivity index (χ0v) is 16.8. The summed E-state index contributed by atoms with van der Waals surface area (Å²) < 4.78 is 27.3. The van der Waals surface area contributed by atoms with Crippen LogP contribution in [0.1, 0.15) is 35.9 Å². The first-order valence-electron chi connectivity index (χ1n) is 7.49. The quantitative estimate of drug-likeness (QED) is 0.565. The van der Waals surface area contributed by atoms with E-state index in [2.05, 4.69) is 36.2 Å². The highest BCUT2D eigenvalue weighted by molar-refractivity contribution is 9.10. The molecule has 3 N–H and O–H groups in total. The van der Waals surface area contributed by atoms with Crippen molar-refractivity contribution in [2.45, 2.75) is 24.7 Å². The summed E-state index contributed by atoms with van der Waals surface area (Å²) in [5, 5.41) is 9.76. The number of rotatable bonds is 7. The van der Waals surface area contributed by atoms with E-state index < -0.39 is 15.9 Å². The zero-order valence-electron chi connectivity index (χ0n) is 13.6. The fraction of sp³-hybridized carbons (Fsp3) is 0.333. The number of halogens is 2. The number of nitrogens with zero attached hydrogens (tertiary/aromatic N) is 1. The van der Waals surface area contributed by atoms with Crippen LogP contribution in [0.25, 0.3) is 0 Å². The van der Waals surface area contributed by atoms with E-state index in [0.29, 0.717) is 9.50 Å². The van der Waals surface area contributed by atoms with Gasteiger partial charge in [0.2, 0.25) is 10.0 Å². The third-order valence-corrected chi connectivity index (χ3v) is 5.83. The molecule has 0 fully saturated rings. The molecule has 0 atom stereocenters. The van der Waals surface area contributed by atoms with Crippen LogP contribution in [0.2, 0.25) is 5.02 Å². The number of aromatic nitrogens is 2. The van der Waals surface area contributed by atoms with Gasteiger partial charge in [0.1, 0.15) is 0 Å². The normalized spacial score (nSPS) is 11.7. The molecule has 7 nitrogen and oxygen atoms in total. The predicted octanol–water partition coefficient (Wildman–Crippen LogP) is 2.66. The Balaban J connectivity index is 1.90. The van der Waals surface area contributed by atoms with E-state index in [-0.39, 0.29) is 29.6 Å². The highest BCUT2D eigenvalue weighted by Crippen LogP contribution is 2.25. The van der Waals surface area contributed by atoms with Crippen LogP contribution in [0.3, 0.4) is 0 Å². The number of benzene rings is 1. The van der Waals surface area contributed by atoms with Gasteiger partial charge in [-0.3, -0.25) is 9.89 Å². The van der Waals surface area contributed by atoms with Crippen LogP contribution in [0.15, 0.2) is 33.6 Å². The van der Waals surface area contributed by atoms with Crippen molar-refractivity contribution < 1.29 is 13.2 Å². The highest BCUT2D eigenvalue weighted by Gasteiger charge is 2.19. The minimum Gasteiger partial charge on any atom is -0.349 e. The second-order valence-electron chi connectivity index (χ2n) is 5.57. The molecule has 0 aliphatic rings. The molecule has 0 aliphatic heterocycles. The molecule has 0 bridgehead atoms. The minimum atomic E-state index is -3.68. The summed E-state index contributed by atoms with van der Waals surface area (Å²) in [7, 11) is -3.68. The lowest BCUT2D eigenvalue weighted by molar-refractivity contribution is 0.0948. The third kappa shape index (κ3) is 5.04. The van der Waals surface area contributed by atoms with Gasteiger partial charge in [-0.05, 0) is 40.0 Å². The Morgan fingerprint density at radius 1 is 1.36 bits per heavy atom. The van der Waals surface area contributed by atoms with Crippen LogP contribution in [-0.2, 0) is 10.0 Å². The number of amides is 1. The van der Waals surface area contributed by atoms with Gasteiger partial charge in [0, 0.05) is 18.1 Å². The molecule has 1 aromatic heterocycles. The van der Waals surface area contributed by atoms with Gasteiger partial charge in [0.05, 0.1) is 15.1 Å². The molecule has 136 valence electrons. The average Bonchev–Trinajstić information content (AvgIpc) is 2.93. The van der Waals surface area contributed by atoms with Crippen molar-refractivity contribution in [1.29, 1.82) is 0 Å². The lowest BCUT2D eigenvalue weighted by Gasteiger charge is -2.08. The Labute approximate surface area is 159 Å². The van der Waals surface area contributed by atoms with Gasteiger partial charge in [0.25, 0.3) is 5.91 Å². The average molecular weight is 450 g/mol. The maximum atomic E-state index is 12.1. The largest absolute Gasteiger partial charge is 0.349 e. The lowest BCUT2D eigenvalue weighted by atomic mass is 10.1. The van der Waals surface area contributed by atoms with E-state index in [1.807, 2.05) is 13.8 Å². The van der Waals surface area contributed by atoms with Crippen LogP contribution in [0.5, 0.6) is 0 Å². The number of hydrogen-bond donors (Lipinski definition) is 3. The highest BCUT2D eigenvalue weighted by atomic mass is 79.9. The zero-order chi connectivity index (χ0) is 18.6. The molecule has 2 rings (SSSR count). The van der Waals surface area contributed by atoms with Crippen molar-refractivity contribution in [3.63, 3.8) is 0 Å². The Hall–Kier alpha value is -1.42. The summed E-state index contributed by atoms with van der Waals surface area (Å²) in [4.78, 5) is 12.2. The van der Waals surface area contributed by atoms with Crippen LogP contribution < -0.4 is 10.0 Å². The summed E-state index contributed by atoms with van der Waals surface area (Å²) in [5.74, 6) is -0.204. The first kappa shape index (κ1) is 19.9. The van der Waals surface area contributed by atoms with Gasteiger partial charge >= 0.3 is 0 Å². The van der Waals surface area contributed by atoms with Crippen LogP contribution in [0.4, 0.5) is 0 Å². The van der Waals surface area contributed by atoms with Crippen molar-refractivity contribution in [2.24, 2.45) is 0 Å². The molecule has 10 heteroatoms. The Kier molecular flexibility index (Phi) is 6.61. The topological polar surface area (TPSA) is 104 Å². The van der Waals surface area contributed by atoms with E-state index in [1.54, 1.807) is 12.1 Å². The number of aromatic amines is 1. The second-order valence-corrected chi connectivity index (χ2v) is 8.56. The van der Waals surface area contributed by atoms with Crippen LogP contribution in [-0.4, -0.2) is 37.6 Å². The van der Waals surface area contributed by atoms with Gasteiger partial charge < -0.3 is 5.32 Å². The fourth-order valence-corrected chi connectivity index (χ4v) is 4.18. The van der Waals surface area contributed by atoms with E-state index in [9.17, 15) is 13.2 Å². The summed E-state index contributed by atoms with van der Waals surface area (Å²) >= 11 is 9.15. The van der Waals surface area contributed by atoms with Gasteiger partial charge in [0.15, 0.2) is 5.69 Å². The number of H-pyrrole nitrogens is 1. The molecule has 1 amide bonds. The monoisotopic (exact) mass is 448 g/mol. The van der Waals surface area contributed by atoms with Crippen molar-refractivity contribution in [1.82, 2.24) is 20.2 Å². The van der Waals surface area contributed by atoms with Gasteiger partial charge in [-0.25, -0.2) is 13.1 Å². The maximum absolute atomic E-state index is 12.1.